The first kappa shape index (κ1) is 29.0. The summed E-state index contributed by atoms with van der Waals surface area (Å²) in [6.07, 6.45) is 0. The van der Waals surface area contributed by atoms with Crippen LogP contribution in [-0.4, -0.2) is 15.4 Å². The van der Waals surface area contributed by atoms with E-state index in [9.17, 15) is 0 Å². The molecule has 49 heavy (non-hydrogen) atoms. The Labute approximate surface area is 288 Å². The number of aromatic nitrogens is 3. The van der Waals surface area contributed by atoms with Crippen LogP contribution in [0.1, 0.15) is 0 Å². The molecule has 0 aliphatic carbocycles. The molecule has 9 rings (SSSR count). The molecular formula is C45H29N3S. The van der Waals surface area contributed by atoms with Crippen LogP contribution in [0.25, 0.3) is 87.2 Å². The van der Waals surface area contributed by atoms with E-state index in [0.29, 0.717) is 0 Å². The van der Waals surface area contributed by atoms with Crippen LogP contribution in [0.15, 0.2) is 176 Å². The van der Waals surface area contributed by atoms with Crippen molar-refractivity contribution in [1.82, 2.24) is 15.4 Å². The third-order valence-corrected chi connectivity index (χ3v) is 10.3. The number of nitrogens with zero attached hydrogens (tertiary/aromatic N) is 3. The summed E-state index contributed by atoms with van der Waals surface area (Å²) in [5.41, 5.74) is 12.5. The van der Waals surface area contributed by atoms with Crippen LogP contribution in [0.3, 0.4) is 0 Å². The number of fused-ring (bicyclic) bond motifs is 3. The summed E-state index contributed by atoms with van der Waals surface area (Å²) < 4.78 is 2.45. The van der Waals surface area contributed by atoms with Gasteiger partial charge in [0.1, 0.15) is 11.4 Å². The predicted molar refractivity (Wildman–Crippen MR) is 205 cm³/mol. The van der Waals surface area contributed by atoms with E-state index in [1.165, 1.54) is 31.3 Å². The first-order chi connectivity index (χ1) is 24.3. The van der Waals surface area contributed by atoms with Crippen LogP contribution in [0.5, 0.6) is 0 Å². The molecule has 0 radical (unpaired) electrons. The van der Waals surface area contributed by atoms with E-state index in [1.807, 2.05) is 17.4 Å². The van der Waals surface area contributed by atoms with Crippen LogP contribution < -0.4 is 0 Å². The molecule has 3 nitrogen and oxygen atoms in total. The Morgan fingerprint density at radius 3 is 1.51 bits per heavy atom. The van der Waals surface area contributed by atoms with Crippen LogP contribution in [-0.2, 0) is 0 Å². The molecule has 0 amide bonds. The molecule has 2 heterocycles. The topological polar surface area (TPSA) is 38.7 Å². The van der Waals surface area contributed by atoms with E-state index >= 15 is 0 Å². The van der Waals surface area contributed by atoms with Gasteiger partial charge in [-0.3, -0.25) is 0 Å². The van der Waals surface area contributed by atoms with Crippen molar-refractivity contribution in [3.8, 4) is 67.0 Å². The highest BCUT2D eigenvalue weighted by Gasteiger charge is 2.26. The molecule has 0 unspecified atom stereocenters. The van der Waals surface area contributed by atoms with Crippen molar-refractivity contribution < 1.29 is 0 Å². The molecule has 230 valence electrons. The van der Waals surface area contributed by atoms with Gasteiger partial charge in [-0.2, -0.15) is 0 Å². The lowest BCUT2D eigenvalue weighted by Gasteiger charge is -2.19. The maximum Gasteiger partial charge on any atom is 0.106 e. The molecule has 7 aromatic carbocycles. The molecule has 0 spiro atoms. The van der Waals surface area contributed by atoms with Gasteiger partial charge >= 0.3 is 0 Å². The number of rotatable bonds is 6. The Hall–Kier alpha value is -6.23. The SMILES string of the molecule is c1ccc(-c2ccccc2-c2ccc3sc4ccccc4c3c2-c2nnnc(-c3ccccc3-c3ccccc3)c2-c2ccccc2)cc1. The monoisotopic (exact) mass is 643 g/mol. The maximum absolute atomic E-state index is 4.98. The van der Waals surface area contributed by atoms with Gasteiger partial charge in [0.05, 0.1) is 0 Å². The smallest absolute Gasteiger partial charge is 0.106 e. The largest absolute Gasteiger partial charge is 0.135 e. The van der Waals surface area contributed by atoms with Gasteiger partial charge in [-0.25, -0.2) is 0 Å². The van der Waals surface area contributed by atoms with Crippen LogP contribution in [0.2, 0.25) is 0 Å². The Kier molecular flexibility index (Phi) is 7.34. The fourth-order valence-corrected chi connectivity index (χ4v) is 8.11. The van der Waals surface area contributed by atoms with Gasteiger partial charge in [0.2, 0.25) is 0 Å². The van der Waals surface area contributed by atoms with E-state index in [0.717, 1.165) is 55.9 Å². The molecule has 0 aliphatic rings. The van der Waals surface area contributed by atoms with Crippen molar-refractivity contribution in [3.05, 3.63) is 176 Å². The molecular weight excluding hydrogens is 615 g/mol. The second-order valence-corrected chi connectivity index (χ2v) is 13.1. The molecule has 0 atom stereocenters. The van der Waals surface area contributed by atoms with E-state index in [2.05, 4.69) is 175 Å². The molecule has 0 aliphatic heterocycles. The lowest BCUT2D eigenvalue weighted by Crippen LogP contribution is -2.02. The highest BCUT2D eigenvalue weighted by molar-refractivity contribution is 7.26. The number of benzene rings is 7. The average Bonchev–Trinajstić information content (AvgIpc) is 3.57. The molecule has 0 saturated carbocycles. The highest BCUT2D eigenvalue weighted by Crippen LogP contribution is 2.50. The third kappa shape index (κ3) is 5.10. The van der Waals surface area contributed by atoms with E-state index in [1.54, 1.807) is 0 Å². The Balaban J connectivity index is 1.43. The van der Waals surface area contributed by atoms with E-state index in [-0.39, 0.29) is 0 Å². The quantitative estimate of drug-likeness (QED) is 0.181. The zero-order valence-electron chi connectivity index (χ0n) is 26.5. The summed E-state index contributed by atoms with van der Waals surface area (Å²) in [5.74, 6) is 0. The maximum atomic E-state index is 4.98. The summed E-state index contributed by atoms with van der Waals surface area (Å²) in [5, 5.41) is 16.8. The second kappa shape index (κ2) is 12.4. The Morgan fingerprint density at radius 1 is 0.327 bits per heavy atom. The molecule has 0 fully saturated rings. The molecule has 9 aromatic rings. The molecule has 2 aromatic heterocycles. The fraction of sp³-hybridized carbons (Fsp3) is 0. The average molecular weight is 644 g/mol. The molecule has 0 saturated heterocycles. The second-order valence-electron chi connectivity index (χ2n) is 12.0. The lowest BCUT2D eigenvalue weighted by molar-refractivity contribution is 0.879. The summed E-state index contributed by atoms with van der Waals surface area (Å²) in [4.78, 5) is 0. The predicted octanol–water partition coefficient (Wildman–Crippen LogP) is 12.2. The van der Waals surface area contributed by atoms with Gasteiger partial charge in [-0.05, 0) is 56.3 Å². The van der Waals surface area contributed by atoms with Crippen LogP contribution >= 0.6 is 11.3 Å². The van der Waals surface area contributed by atoms with Gasteiger partial charge in [0, 0.05) is 36.9 Å². The zero-order valence-corrected chi connectivity index (χ0v) is 27.3. The zero-order chi connectivity index (χ0) is 32.6. The number of hydrogen-bond acceptors (Lipinski definition) is 4. The van der Waals surface area contributed by atoms with Crippen molar-refractivity contribution in [1.29, 1.82) is 0 Å². The van der Waals surface area contributed by atoms with Crippen LogP contribution in [0.4, 0.5) is 0 Å². The molecule has 0 bridgehead atoms. The third-order valence-electron chi connectivity index (χ3n) is 9.17. The number of thiophene rings is 1. The summed E-state index contributed by atoms with van der Waals surface area (Å²) in [6.45, 7) is 0. The minimum atomic E-state index is 0.800. The number of hydrogen-bond donors (Lipinski definition) is 0. The van der Waals surface area contributed by atoms with Crippen molar-refractivity contribution in [2.45, 2.75) is 0 Å². The summed E-state index contributed by atoms with van der Waals surface area (Å²) in [7, 11) is 0. The normalized spacial score (nSPS) is 11.3. The van der Waals surface area contributed by atoms with Gasteiger partial charge in [-0.1, -0.05) is 164 Å². The van der Waals surface area contributed by atoms with Crippen molar-refractivity contribution >= 4 is 31.5 Å². The van der Waals surface area contributed by atoms with Gasteiger partial charge in [-0.15, -0.1) is 21.5 Å². The van der Waals surface area contributed by atoms with Gasteiger partial charge in [0.25, 0.3) is 0 Å². The standard InChI is InChI=1S/C45H29N3S/c1-4-16-30(17-5-1)33-22-10-12-24-35(33)36-28-29-40-42(38-26-14-15-27-39(38)49-40)43(36)45-41(32-20-8-3-9-21-32)44(46-48-47-45)37-25-13-11-23-34(37)31-18-6-2-7-19-31/h1-29H. The minimum Gasteiger partial charge on any atom is -0.135 e. The first-order valence-electron chi connectivity index (χ1n) is 16.4. The van der Waals surface area contributed by atoms with E-state index in [4.69, 9.17) is 10.2 Å². The highest BCUT2D eigenvalue weighted by atomic mass is 32.1. The lowest BCUT2D eigenvalue weighted by atomic mass is 9.85. The first-order valence-corrected chi connectivity index (χ1v) is 17.2. The molecule has 0 N–H and O–H groups in total. The van der Waals surface area contributed by atoms with Crippen molar-refractivity contribution in [3.63, 3.8) is 0 Å². The van der Waals surface area contributed by atoms with Crippen LogP contribution in [0, 0.1) is 0 Å². The summed E-state index contributed by atoms with van der Waals surface area (Å²) in [6, 6.07) is 62.0. The molecule has 4 heteroatoms. The van der Waals surface area contributed by atoms with Crippen molar-refractivity contribution in [2.75, 3.05) is 0 Å². The fourth-order valence-electron chi connectivity index (χ4n) is 7.00. The van der Waals surface area contributed by atoms with Gasteiger partial charge < -0.3 is 0 Å². The Morgan fingerprint density at radius 2 is 0.837 bits per heavy atom. The van der Waals surface area contributed by atoms with Crippen molar-refractivity contribution in [2.24, 2.45) is 0 Å². The van der Waals surface area contributed by atoms with Gasteiger partial charge in [0.15, 0.2) is 0 Å². The minimum absolute atomic E-state index is 0.800. The Bertz CT molecular complexity index is 2590. The summed E-state index contributed by atoms with van der Waals surface area (Å²) >= 11 is 1.81. The van der Waals surface area contributed by atoms with E-state index < -0.39 is 0 Å².